The number of hydrogen-bond donors (Lipinski definition) is 0. The highest BCUT2D eigenvalue weighted by Crippen LogP contribution is 2.33. The first-order valence-electron chi connectivity index (χ1n) is 7.78. The second kappa shape index (κ2) is 5.80. The third-order valence-electron chi connectivity index (χ3n) is 4.09. The Bertz CT molecular complexity index is 1080. The first-order chi connectivity index (χ1) is 11.8. The predicted octanol–water partition coefficient (Wildman–Crippen LogP) is 5.72. The highest BCUT2D eigenvalue weighted by atomic mass is 79.9. The maximum Gasteiger partial charge on any atom is 0.220 e. The molecule has 0 aliphatic heterocycles. The minimum Gasteiger partial charge on any atom is -0.277 e. The van der Waals surface area contributed by atoms with Gasteiger partial charge < -0.3 is 0 Å². The largest absolute Gasteiger partial charge is 0.277 e. The van der Waals surface area contributed by atoms with Crippen molar-refractivity contribution in [3.05, 3.63) is 77.0 Å². The Hall–Kier alpha value is -2.59. The lowest BCUT2D eigenvalue weighted by Gasteiger charge is -2.06. The Labute approximate surface area is 148 Å². The fourth-order valence-electron chi connectivity index (χ4n) is 3.13. The lowest BCUT2D eigenvalue weighted by atomic mass is 10.2. The second-order valence-corrected chi connectivity index (χ2v) is 6.35. The van der Waals surface area contributed by atoms with Gasteiger partial charge in [0.25, 0.3) is 0 Å². The van der Waals surface area contributed by atoms with Crippen LogP contribution in [0, 0.1) is 0 Å². The van der Waals surface area contributed by atoms with Gasteiger partial charge in [0.2, 0.25) is 5.78 Å². The molecular formula is C20H16BrN3. The second-order valence-electron chi connectivity index (χ2n) is 5.50. The molecule has 4 aromatic rings. The van der Waals surface area contributed by atoms with Crippen LogP contribution in [-0.2, 0) is 0 Å². The van der Waals surface area contributed by atoms with E-state index in [1.54, 1.807) is 0 Å². The summed E-state index contributed by atoms with van der Waals surface area (Å²) < 4.78 is 5.38. The Morgan fingerprint density at radius 2 is 1.88 bits per heavy atom. The van der Waals surface area contributed by atoms with Crippen LogP contribution in [0.4, 0.5) is 0 Å². The SMILES string of the molecule is C=Cc1c(/C=C\C)nc2n(-c3ccccc3)c3c(Br)cccc3n12. The third kappa shape index (κ3) is 2.07. The minimum absolute atomic E-state index is 0.881. The molecule has 0 saturated carbocycles. The quantitative estimate of drug-likeness (QED) is 0.447. The van der Waals surface area contributed by atoms with Crippen LogP contribution < -0.4 is 0 Å². The van der Waals surface area contributed by atoms with E-state index in [1.165, 1.54) is 0 Å². The summed E-state index contributed by atoms with van der Waals surface area (Å²) in [6, 6.07) is 16.5. The summed E-state index contributed by atoms with van der Waals surface area (Å²) in [6.07, 6.45) is 5.88. The fourth-order valence-corrected chi connectivity index (χ4v) is 3.66. The third-order valence-corrected chi connectivity index (χ3v) is 4.73. The van der Waals surface area contributed by atoms with Crippen molar-refractivity contribution in [2.75, 3.05) is 0 Å². The molecule has 2 aromatic carbocycles. The van der Waals surface area contributed by atoms with E-state index < -0.39 is 0 Å². The minimum atomic E-state index is 0.881. The molecule has 0 unspecified atom stereocenters. The Kier molecular flexibility index (Phi) is 3.62. The number of imidazole rings is 2. The van der Waals surface area contributed by atoms with Gasteiger partial charge in [-0.05, 0) is 59.3 Å². The van der Waals surface area contributed by atoms with E-state index in [9.17, 15) is 0 Å². The van der Waals surface area contributed by atoms with E-state index in [-0.39, 0.29) is 0 Å². The lowest BCUT2D eigenvalue weighted by Crippen LogP contribution is -1.95. The maximum absolute atomic E-state index is 4.87. The average molecular weight is 378 g/mol. The lowest BCUT2D eigenvalue weighted by molar-refractivity contribution is 1.10. The van der Waals surface area contributed by atoms with E-state index in [1.807, 2.05) is 49.4 Å². The summed E-state index contributed by atoms with van der Waals surface area (Å²) >= 11 is 3.70. The van der Waals surface area contributed by atoms with E-state index in [4.69, 9.17) is 4.98 Å². The van der Waals surface area contributed by atoms with Gasteiger partial charge in [-0.25, -0.2) is 4.98 Å². The molecule has 2 heterocycles. The number of aromatic nitrogens is 3. The number of rotatable bonds is 3. The van der Waals surface area contributed by atoms with Crippen molar-refractivity contribution in [2.24, 2.45) is 0 Å². The van der Waals surface area contributed by atoms with Gasteiger partial charge in [-0.1, -0.05) is 36.9 Å². The standard InChI is InChI=1S/C20H16BrN3/c1-3-9-16-17(4-2)24-18-13-8-12-15(21)19(18)23(20(24)22-16)14-10-6-5-7-11-14/h3-13H,2H2,1H3/b9-3-. The summed E-state index contributed by atoms with van der Waals surface area (Å²) in [5, 5.41) is 0. The zero-order chi connectivity index (χ0) is 16.7. The summed E-state index contributed by atoms with van der Waals surface area (Å²) in [5.74, 6) is 0.881. The van der Waals surface area contributed by atoms with Crippen molar-refractivity contribution in [1.29, 1.82) is 0 Å². The summed E-state index contributed by atoms with van der Waals surface area (Å²) in [7, 11) is 0. The molecule has 118 valence electrons. The molecule has 0 radical (unpaired) electrons. The maximum atomic E-state index is 4.87. The van der Waals surface area contributed by atoms with Gasteiger partial charge in [-0.15, -0.1) is 0 Å². The molecular weight excluding hydrogens is 362 g/mol. The molecule has 0 saturated heterocycles. The zero-order valence-corrected chi connectivity index (χ0v) is 14.9. The van der Waals surface area contributed by atoms with Crippen LogP contribution in [0.1, 0.15) is 18.3 Å². The Balaban J connectivity index is 2.25. The monoisotopic (exact) mass is 377 g/mol. The van der Waals surface area contributed by atoms with Crippen LogP contribution in [0.25, 0.3) is 34.7 Å². The molecule has 4 heteroatoms. The normalized spacial score (nSPS) is 11.8. The van der Waals surface area contributed by atoms with Crippen molar-refractivity contribution in [2.45, 2.75) is 6.92 Å². The van der Waals surface area contributed by atoms with Gasteiger partial charge in [0.1, 0.15) is 0 Å². The number of fused-ring (bicyclic) bond motifs is 3. The number of hydrogen-bond acceptors (Lipinski definition) is 1. The van der Waals surface area contributed by atoms with Crippen LogP contribution in [-0.4, -0.2) is 14.0 Å². The van der Waals surface area contributed by atoms with Gasteiger partial charge in [0.05, 0.1) is 22.4 Å². The molecule has 0 N–H and O–H groups in total. The zero-order valence-electron chi connectivity index (χ0n) is 13.3. The number of halogens is 1. The van der Waals surface area contributed by atoms with Crippen LogP contribution in [0.5, 0.6) is 0 Å². The summed E-state index contributed by atoms with van der Waals surface area (Å²) in [5.41, 5.74) is 5.20. The number of allylic oxidation sites excluding steroid dienone is 1. The topological polar surface area (TPSA) is 22.2 Å². The Morgan fingerprint density at radius 1 is 1.08 bits per heavy atom. The molecule has 24 heavy (non-hydrogen) atoms. The molecule has 0 aliphatic rings. The molecule has 0 amide bonds. The highest BCUT2D eigenvalue weighted by Gasteiger charge is 2.19. The Morgan fingerprint density at radius 3 is 2.58 bits per heavy atom. The molecule has 2 aromatic heterocycles. The average Bonchev–Trinajstić information content (AvgIpc) is 3.11. The van der Waals surface area contributed by atoms with E-state index >= 15 is 0 Å². The number of nitrogens with zero attached hydrogens (tertiary/aromatic N) is 3. The molecule has 4 rings (SSSR count). The van der Waals surface area contributed by atoms with Crippen molar-refractivity contribution >= 4 is 44.9 Å². The molecule has 0 aliphatic carbocycles. The van der Waals surface area contributed by atoms with Crippen LogP contribution in [0.15, 0.2) is 65.7 Å². The first-order valence-corrected chi connectivity index (χ1v) is 8.57. The van der Waals surface area contributed by atoms with Gasteiger partial charge in [-0.2, -0.15) is 0 Å². The molecule has 0 bridgehead atoms. The van der Waals surface area contributed by atoms with Gasteiger partial charge in [0.15, 0.2) is 0 Å². The molecule has 0 atom stereocenters. The van der Waals surface area contributed by atoms with Gasteiger partial charge >= 0.3 is 0 Å². The first kappa shape index (κ1) is 15.0. The van der Waals surface area contributed by atoms with E-state index in [2.05, 4.69) is 55.7 Å². The number of para-hydroxylation sites is 2. The predicted molar refractivity (Wildman–Crippen MR) is 105 cm³/mol. The van der Waals surface area contributed by atoms with Crippen molar-refractivity contribution in [1.82, 2.24) is 14.0 Å². The molecule has 0 fully saturated rings. The number of benzene rings is 2. The van der Waals surface area contributed by atoms with Crippen molar-refractivity contribution < 1.29 is 0 Å². The highest BCUT2D eigenvalue weighted by molar-refractivity contribution is 9.10. The van der Waals surface area contributed by atoms with Gasteiger partial charge in [0, 0.05) is 10.2 Å². The van der Waals surface area contributed by atoms with Crippen molar-refractivity contribution in [3.63, 3.8) is 0 Å². The van der Waals surface area contributed by atoms with Crippen LogP contribution >= 0.6 is 15.9 Å². The van der Waals surface area contributed by atoms with E-state index in [0.29, 0.717) is 0 Å². The van der Waals surface area contributed by atoms with E-state index in [0.717, 1.165) is 38.4 Å². The van der Waals surface area contributed by atoms with Crippen LogP contribution in [0.2, 0.25) is 0 Å². The fraction of sp³-hybridized carbons (Fsp3) is 0.0500. The smallest absolute Gasteiger partial charge is 0.220 e. The van der Waals surface area contributed by atoms with Crippen molar-refractivity contribution in [3.8, 4) is 5.69 Å². The summed E-state index contributed by atoms with van der Waals surface area (Å²) in [4.78, 5) is 4.87. The van der Waals surface area contributed by atoms with Crippen LogP contribution in [0.3, 0.4) is 0 Å². The summed E-state index contributed by atoms with van der Waals surface area (Å²) in [6.45, 7) is 5.99. The van der Waals surface area contributed by atoms with Gasteiger partial charge in [-0.3, -0.25) is 8.97 Å². The molecule has 3 nitrogen and oxygen atoms in total. The molecule has 0 spiro atoms.